The monoisotopic (exact) mass is 330 g/mol. The van der Waals surface area contributed by atoms with E-state index in [9.17, 15) is 0 Å². The molecule has 0 bridgehead atoms. The third-order valence-corrected chi connectivity index (χ3v) is 4.05. The Bertz CT molecular complexity index is 782. The molecule has 111 valence electrons. The zero-order valence-corrected chi connectivity index (χ0v) is 13.3. The van der Waals surface area contributed by atoms with Crippen molar-refractivity contribution in [2.75, 3.05) is 0 Å². The highest BCUT2D eigenvalue weighted by Crippen LogP contribution is 2.25. The fourth-order valence-corrected chi connectivity index (χ4v) is 2.72. The van der Waals surface area contributed by atoms with E-state index >= 15 is 0 Å². The van der Waals surface area contributed by atoms with Gasteiger partial charge in [-0.15, -0.1) is 0 Å². The highest BCUT2D eigenvalue weighted by Gasteiger charge is 2.13. The molecule has 22 heavy (non-hydrogen) atoms. The summed E-state index contributed by atoms with van der Waals surface area (Å²) in [6, 6.07) is 9.35. The van der Waals surface area contributed by atoms with Crippen molar-refractivity contribution in [2.24, 2.45) is 0 Å². The number of benzene rings is 1. The Morgan fingerprint density at radius 3 is 2.73 bits per heavy atom. The molecule has 0 aliphatic rings. The first-order chi connectivity index (χ1) is 10.7. The number of aromatic nitrogens is 3. The summed E-state index contributed by atoms with van der Waals surface area (Å²) in [6.07, 6.45) is 6.03. The van der Waals surface area contributed by atoms with Crippen LogP contribution in [0.1, 0.15) is 11.3 Å². The lowest BCUT2D eigenvalue weighted by Gasteiger charge is -2.13. The summed E-state index contributed by atoms with van der Waals surface area (Å²) >= 11 is 12.4. The first-order valence-electron chi connectivity index (χ1n) is 6.87. The maximum atomic E-state index is 6.29. The van der Waals surface area contributed by atoms with Gasteiger partial charge in [0.1, 0.15) is 5.82 Å². The third-order valence-electron chi connectivity index (χ3n) is 3.45. The van der Waals surface area contributed by atoms with Gasteiger partial charge in [0.25, 0.3) is 0 Å². The van der Waals surface area contributed by atoms with E-state index in [0.29, 0.717) is 23.0 Å². The van der Waals surface area contributed by atoms with Gasteiger partial charge in [0.2, 0.25) is 0 Å². The average Bonchev–Trinajstić information content (AvgIpc) is 2.94. The van der Waals surface area contributed by atoms with Crippen LogP contribution in [-0.4, -0.2) is 14.5 Å². The molecule has 0 amide bonds. The SMILES string of the molecule is [CH2]Cc1cnc(-c2cccnc2)n1Cc1cc(Cl)ccc1Cl. The van der Waals surface area contributed by atoms with Crippen molar-refractivity contribution in [1.82, 2.24) is 14.5 Å². The Hall–Kier alpha value is -1.84. The maximum Gasteiger partial charge on any atom is 0.141 e. The summed E-state index contributed by atoms with van der Waals surface area (Å²) in [5, 5.41) is 1.35. The van der Waals surface area contributed by atoms with Crippen LogP contribution in [0.25, 0.3) is 11.4 Å². The number of nitrogens with zero attached hydrogens (tertiary/aromatic N) is 3. The fourth-order valence-electron chi connectivity index (χ4n) is 2.35. The zero-order valence-electron chi connectivity index (χ0n) is 11.8. The smallest absolute Gasteiger partial charge is 0.141 e. The average molecular weight is 331 g/mol. The Balaban J connectivity index is 2.06. The van der Waals surface area contributed by atoms with E-state index in [1.807, 2.05) is 30.5 Å². The molecule has 0 saturated carbocycles. The molecular weight excluding hydrogens is 317 g/mol. The molecule has 0 saturated heterocycles. The topological polar surface area (TPSA) is 30.7 Å². The standard InChI is InChI=1S/C17H14Cl2N3/c1-2-15-10-21-17(12-4-3-7-20-9-12)22(15)11-13-8-14(18)5-6-16(13)19/h3-10H,1-2,11H2. The number of halogens is 2. The van der Waals surface area contributed by atoms with E-state index in [1.54, 1.807) is 18.5 Å². The first-order valence-corrected chi connectivity index (χ1v) is 7.62. The molecule has 0 aliphatic heterocycles. The van der Waals surface area contributed by atoms with Crippen molar-refractivity contribution < 1.29 is 0 Å². The minimum atomic E-state index is 0.592. The normalized spacial score (nSPS) is 10.9. The van der Waals surface area contributed by atoms with Gasteiger partial charge in [-0.1, -0.05) is 23.2 Å². The van der Waals surface area contributed by atoms with Gasteiger partial charge >= 0.3 is 0 Å². The molecule has 0 aliphatic carbocycles. The molecule has 0 fully saturated rings. The van der Waals surface area contributed by atoms with Crippen LogP contribution in [0.2, 0.25) is 10.0 Å². The van der Waals surface area contributed by atoms with Crippen molar-refractivity contribution in [3.63, 3.8) is 0 Å². The molecule has 1 aromatic carbocycles. The van der Waals surface area contributed by atoms with E-state index in [0.717, 1.165) is 22.6 Å². The summed E-state index contributed by atoms with van der Waals surface area (Å²) in [7, 11) is 0. The van der Waals surface area contributed by atoms with Crippen LogP contribution >= 0.6 is 23.2 Å². The minimum Gasteiger partial charge on any atom is -0.324 e. The van der Waals surface area contributed by atoms with Gasteiger partial charge in [0.15, 0.2) is 0 Å². The lowest BCUT2D eigenvalue weighted by molar-refractivity contribution is 0.765. The second kappa shape index (κ2) is 6.51. The minimum absolute atomic E-state index is 0.592. The molecule has 2 heterocycles. The highest BCUT2D eigenvalue weighted by molar-refractivity contribution is 6.33. The van der Waals surface area contributed by atoms with Crippen LogP contribution in [0.3, 0.4) is 0 Å². The Morgan fingerprint density at radius 2 is 2.00 bits per heavy atom. The quantitative estimate of drug-likeness (QED) is 0.695. The second-order valence-corrected chi connectivity index (χ2v) is 5.73. The van der Waals surface area contributed by atoms with Crippen molar-refractivity contribution in [3.05, 3.63) is 77.1 Å². The van der Waals surface area contributed by atoms with E-state index in [1.165, 1.54) is 0 Å². The molecule has 3 aromatic rings. The third kappa shape index (κ3) is 3.01. The summed E-state index contributed by atoms with van der Waals surface area (Å²) < 4.78 is 2.10. The Labute approximate surface area is 139 Å². The van der Waals surface area contributed by atoms with Gasteiger partial charge in [-0.25, -0.2) is 4.98 Å². The number of hydrogen-bond donors (Lipinski definition) is 0. The predicted octanol–water partition coefficient (Wildman–Crippen LogP) is 4.68. The maximum absolute atomic E-state index is 6.29. The van der Waals surface area contributed by atoms with Gasteiger partial charge in [0.05, 0.1) is 6.54 Å². The van der Waals surface area contributed by atoms with E-state index in [-0.39, 0.29) is 0 Å². The van der Waals surface area contributed by atoms with Gasteiger partial charge in [-0.05, 0) is 49.2 Å². The largest absolute Gasteiger partial charge is 0.324 e. The molecule has 5 heteroatoms. The number of pyridine rings is 1. The van der Waals surface area contributed by atoms with Gasteiger partial charge in [-0.3, -0.25) is 4.98 Å². The lowest BCUT2D eigenvalue weighted by Crippen LogP contribution is -2.06. The van der Waals surface area contributed by atoms with Crippen LogP contribution in [0, 0.1) is 6.92 Å². The lowest BCUT2D eigenvalue weighted by atomic mass is 10.2. The number of hydrogen-bond acceptors (Lipinski definition) is 2. The van der Waals surface area contributed by atoms with Crippen LogP contribution in [0.15, 0.2) is 48.9 Å². The van der Waals surface area contributed by atoms with Crippen LogP contribution in [0.5, 0.6) is 0 Å². The molecule has 3 rings (SSSR count). The van der Waals surface area contributed by atoms with Crippen LogP contribution in [-0.2, 0) is 13.0 Å². The molecule has 2 aromatic heterocycles. The molecule has 0 N–H and O–H groups in total. The molecule has 0 atom stereocenters. The zero-order chi connectivity index (χ0) is 15.5. The fraction of sp³-hybridized carbons (Fsp3) is 0.118. The first kappa shape index (κ1) is 15.1. The molecule has 1 radical (unpaired) electrons. The summed E-state index contributed by atoms with van der Waals surface area (Å²) in [5.41, 5.74) is 2.95. The van der Waals surface area contributed by atoms with Gasteiger partial charge in [0, 0.05) is 39.9 Å². The van der Waals surface area contributed by atoms with Crippen LogP contribution < -0.4 is 0 Å². The van der Waals surface area contributed by atoms with Crippen molar-refractivity contribution >= 4 is 23.2 Å². The Morgan fingerprint density at radius 1 is 1.14 bits per heavy atom. The second-order valence-electron chi connectivity index (χ2n) is 4.89. The number of rotatable bonds is 4. The van der Waals surface area contributed by atoms with Gasteiger partial charge in [-0.2, -0.15) is 0 Å². The number of imidazole rings is 1. The summed E-state index contributed by atoms with van der Waals surface area (Å²) in [5.74, 6) is 0.850. The predicted molar refractivity (Wildman–Crippen MR) is 90.1 cm³/mol. The van der Waals surface area contributed by atoms with Crippen molar-refractivity contribution in [2.45, 2.75) is 13.0 Å². The molecular formula is C17H14Cl2N3. The van der Waals surface area contributed by atoms with E-state index in [4.69, 9.17) is 23.2 Å². The Kier molecular flexibility index (Phi) is 4.46. The van der Waals surface area contributed by atoms with Crippen molar-refractivity contribution in [3.8, 4) is 11.4 Å². The van der Waals surface area contributed by atoms with E-state index < -0.39 is 0 Å². The molecule has 0 unspecified atom stereocenters. The summed E-state index contributed by atoms with van der Waals surface area (Å²) in [6.45, 7) is 4.56. The molecule has 0 spiro atoms. The van der Waals surface area contributed by atoms with E-state index in [2.05, 4.69) is 21.5 Å². The van der Waals surface area contributed by atoms with Crippen molar-refractivity contribution in [1.29, 1.82) is 0 Å². The van der Waals surface area contributed by atoms with Gasteiger partial charge < -0.3 is 4.57 Å². The molecule has 3 nitrogen and oxygen atoms in total. The summed E-state index contributed by atoms with van der Waals surface area (Å²) in [4.78, 5) is 8.67. The van der Waals surface area contributed by atoms with Crippen LogP contribution in [0.4, 0.5) is 0 Å². The highest BCUT2D eigenvalue weighted by atomic mass is 35.5.